The molecule has 1 aromatic rings. The van der Waals surface area contributed by atoms with Gasteiger partial charge in [-0.15, -0.1) is 0 Å². The van der Waals surface area contributed by atoms with Crippen LogP contribution in [0, 0.1) is 5.92 Å². The molecule has 2 rings (SSSR count). The normalized spacial score (nSPS) is 18.5. The molecular formula is C16H22Cl2N2O2. The summed E-state index contributed by atoms with van der Waals surface area (Å²) in [7, 11) is 0. The summed E-state index contributed by atoms with van der Waals surface area (Å²) in [6.45, 7) is 7.07. The van der Waals surface area contributed by atoms with Gasteiger partial charge in [0.25, 0.3) is 0 Å². The van der Waals surface area contributed by atoms with Crippen LogP contribution in [0.3, 0.4) is 0 Å². The zero-order valence-corrected chi connectivity index (χ0v) is 14.4. The molecule has 0 aliphatic carbocycles. The molecule has 1 aliphatic heterocycles. The van der Waals surface area contributed by atoms with Crippen LogP contribution in [0.1, 0.15) is 25.8 Å². The molecule has 0 radical (unpaired) electrons. The summed E-state index contributed by atoms with van der Waals surface area (Å²) < 4.78 is 0. The highest BCUT2D eigenvalue weighted by Gasteiger charge is 2.30. The molecule has 1 aromatic carbocycles. The summed E-state index contributed by atoms with van der Waals surface area (Å²) in [5, 5.41) is 10.3. The van der Waals surface area contributed by atoms with Crippen LogP contribution in [-0.2, 0) is 6.54 Å². The number of hydrogen-bond donors (Lipinski definition) is 1. The van der Waals surface area contributed by atoms with Gasteiger partial charge in [0, 0.05) is 32.2 Å². The van der Waals surface area contributed by atoms with E-state index in [9.17, 15) is 4.79 Å². The number of amides is 1. The smallest absolute Gasteiger partial charge is 0.407 e. The van der Waals surface area contributed by atoms with E-state index < -0.39 is 6.09 Å². The van der Waals surface area contributed by atoms with E-state index >= 15 is 0 Å². The fraction of sp³-hybridized carbons (Fsp3) is 0.562. The second-order valence-corrected chi connectivity index (χ2v) is 6.99. The quantitative estimate of drug-likeness (QED) is 0.870. The maximum atomic E-state index is 11.1. The molecule has 0 unspecified atom stereocenters. The van der Waals surface area contributed by atoms with Crippen molar-refractivity contribution in [3.05, 3.63) is 33.8 Å². The average molecular weight is 345 g/mol. The molecule has 1 atom stereocenters. The van der Waals surface area contributed by atoms with Gasteiger partial charge in [-0.25, -0.2) is 4.79 Å². The van der Waals surface area contributed by atoms with Crippen LogP contribution >= 0.6 is 23.2 Å². The van der Waals surface area contributed by atoms with E-state index in [1.165, 1.54) is 4.90 Å². The average Bonchev–Trinajstić information content (AvgIpc) is 2.92. The van der Waals surface area contributed by atoms with Crippen molar-refractivity contribution in [1.82, 2.24) is 9.80 Å². The third kappa shape index (κ3) is 4.28. The third-order valence-electron chi connectivity index (χ3n) is 3.95. The van der Waals surface area contributed by atoms with Gasteiger partial charge in [0.1, 0.15) is 0 Å². The predicted octanol–water partition coefficient (Wildman–Crippen LogP) is 4.20. The van der Waals surface area contributed by atoms with Crippen LogP contribution in [0.4, 0.5) is 4.79 Å². The van der Waals surface area contributed by atoms with Crippen molar-refractivity contribution in [1.29, 1.82) is 0 Å². The van der Waals surface area contributed by atoms with E-state index in [2.05, 4.69) is 18.7 Å². The maximum absolute atomic E-state index is 11.1. The molecule has 0 bridgehead atoms. The molecular weight excluding hydrogens is 323 g/mol. The maximum Gasteiger partial charge on any atom is 0.407 e. The van der Waals surface area contributed by atoms with Crippen molar-refractivity contribution in [3.63, 3.8) is 0 Å². The van der Waals surface area contributed by atoms with Gasteiger partial charge in [-0.05, 0) is 24.0 Å². The predicted molar refractivity (Wildman–Crippen MR) is 89.7 cm³/mol. The van der Waals surface area contributed by atoms with Crippen LogP contribution in [0.5, 0.6) is 0 Å². The zero-order chi connectivity index (χ0) is 16.3. The topological polar surface area (TPSA) is 43.8 Å². The third-order valence-corrected chi connectivity index (χ3v) is 4.81. The summed E-state index contributed by atoms with van der Waals surface area (Å²) in [6.07, 6.45) is 0.0183. The highest BCUT2D eigenvalue weighted by Crippen LogP contribution is 2.28. The lowest BCUT2D eigenvalue weighted by molar-refractivity contribution is 0.140. The summed E-state index contributed by atoms with van der Waals surface area (Å²) in [5.74, 6) is 0.497. The van der Waals surface area contributed by atoms with Crippen molar-refractivity contribution in [3.8, 4) is 0 Å². The summed E-state index contributed by atoms with van der Waals surface area (Å²) in [5.41, 5.74) is 0.989. The first kappa shape index (κ1) is 17.4. The Bertz CT molecular complexity index is 537. The number of rotatable bonds is 5. The minimum Gasteiger partial charge on any atom is -0.465 e. The Morgan fingerprint density at radius 3 is 2.77 bits per heavy atom. The molecule has 1 fully saturated rings. The first-order valence-corrected chi connectivity index (χ1v) is 8.29. The zero-order valence-electron chi connectivity index (χ0n) is 12.9. The van der Waals surface area contributed by atoms with Gasteiger partial charge < -0.3 is 10.0 Å². The highest BCUT2D eigenvalue weighted by molar-refractivity contribution is 6.42. The van der Waals surface area contributed by atoms with Crippen LogP contribution in [-0.4, -0.2) is 46.7 Å². The molecule has 1 aliphatic rings. The molecule has 122 valence electrons. The van der Waals surface area contributed by atoms with Gasteiger partial charge >= 0.3 is 6.09 Å². The van der Waals surface area contributed by atoms with E-state index in [0.29, 0.717) is 35.6 Å². The van der Waals surface area contributed by atoms with Crippen molar-refractivity contribution >= 4 is 29.3 Å². The Kier molecular flexibility index (Phi) is 5.95. The molecule has 4 nitrogen and oxygen atoms in total. The van der Waals surface area contributed by atoms with E-state index in [-0.39, 0.29) is 6.04 Å². The second-order valence-electron chi connectivity index (χ2n) is 6.21. The summed E-state index contributed by atoms with van der Waals surface area (Å²) in [6, 6.07) is 5.89. The van der Waals surface area contributed by atoms with Crippen molar-refractivity contribution in [2.24, 2.45) is 5.92 Å². The number of benzene rings is 1. The van der Waals surface area contributed by atoms with E-state index in [0.717, 1.165) is 18.5 Å². The van der Waals surface area contributed by atoms with Crippen molar-refractivity contribution in [2.45, 2.75) is 32.9 Å². The summed E-state index contributed by atoms with van der Waals surface area (Å²) in [4.78, 5) is 14.9. The number of carbonyl (C=O) groups is 1. The fourth-order valence-corrected chi connectivity index (χ4v) is 3.29. The molecule has 0 spiro atoms. The highest BCUT2D eigenvalue weighted by atomic mass is 35.5. The number of likely N-dealkylation sites (tertiary alicyclic amines) is 1. The van der Waals surface area contributed by atoms with Gasteiger partial charge in [0.05, 0.1) is 10.0 Å². The monoisotopic (exact) mass is 344 g/mol. The van der Waals surface area contributed by atoms with Gasteiger partial charge in [-0.1, -0.05) is 49.2 Å². The van der Waals surface area contributed by atoms with Crippen LogP contribution in [0.25, 0.3) is 0 Å². The minimum atomic E-state index is -0.840. The van der Waals surface area contributed by atoms with Crippen LogP contribution < -0.4 is 0 Å². The summed E-state index contributed by atoms with van der Waals surface area (Å²) >= 11 is 12.4. The van der Waals surface area contributed by atoms with E-state index in [4.69, 9.17) is 28.3 Å². The van der Waals surface area contributed by atoms with E-state index in [1.54, 1.807) is 6.07 Å². The molecule has 6 heteroatoms. The Morgan fingerprint density at radius 2 is 2.18 bits per heavy atom. The Balaban J connectivity index is 2.13. The largest absolute Gasteiger partial charge is 0.465 e. The molecule has 1 heterocycles. The number of nitrogens with zero attached hydrogens (tertiary/aromatic N) is 2. The SMILES string of the molecule is CC(C)CN(Cc1cccc(Cl)c1Cl)[C@H]1CCN(C(=O)O)C1. The Morgan fingerprint density at radius 1 is 1.45 bits per heavy atom. The minimum absolute atomic E-state index is 0.230. The van der Waals surface area contributed by atoms with E-state index in [1.807, 2.05) is 12.1 Å². The Hall–Kier alpha value is -0.970. The van der Waals surface area contributed by atoms with Gasteiger partial charge in [-0.2, -0.15) is 0 Å². The number of carboxylic acid groups (broad SMARTS) is 1. The van der Waals surface area contributed by atoms with Crippen molar-refractivity contribution < 1.29 is 9.90 Å². The lowest BCUT2D eigenvalue weighted by Gasteiger charge is -2.30. The molecule has 0 saturated carbocycles. The molecule has 0 aromatic heterocycles. The molecule has 1 saturated heterocycles. The van der Waals surface area contributed by atoms with Crippen LogP contribution in [0.2, 0.25) is 10.0 Å². The van der Waals surface area contributed by atoms with Gasteiger partial charge in [0.15, 0.2) is 0 Å². The number of hydrogen-bond acceptors (Lipinski definition) is 2. The second kappa shape index (κ2) is 7.53. The Labute approximate surface area is 141 Å². The molecule has 1 amide bonds. The number of halogens is 2. The lowest BCUT2D eigenvalue weighted by atomic mass is 10.1. The molecule has 22 heavy (non-hydrogen) atoms. The van der Waals surface area contributed by atoms with Crippen molar-refractivity contribution in [2.75, 3.05) is 19.6 Å². The molecule has 1 N–H and O–H groups in total. The lowest BCUT2D eigenvalue weighted by Crippen LogP contribution is -2.40. The first-order chi connectivity index (χ1) is 10.4. The fourth-order valence-electron chi connectivity index (χ4n) is 2.91. The van der Waals surface area contributed by atoms with Crippen LogP contribution in [0.15, 0.2) is 18.2 Å². The first-order valence-electron chi connectivity index (χ1n) is 7.53. The van der Waals surface area contributed by atoms with Gasteiger partial charge in [-0.3, -0.25) is 4.90 Å². The standard InChI is InChI=1S/C16H22Cl2N2O2/c1-11(2)8-20(13-6-7-19(10-13)16(21)22)9-12-4-3-5-14(17)15(12)18/h3-5,11,13H,6-10H2,1-2H3,(H,21,22)/t13-/m0/s1. The van der Waals surface area contributed by atoms with Gasteiger partial charge in [0.2, 0.25) is 0 Å².